The van der Waals surface area contributed by atoms with Crippen molar-refractivity contribution in [3.63, 3.8) is 0 Å². The SMILES string of the molecule is CCN1CCN(c2cc(C(=O)N3CCCCCC3)nc(C)n2)CC1. The van der Waals surface area contributed by atoms with Crippen molar-refractivity contribution in [2.24, 2.45) is 0 Å². The Balaban J connectivity index is 1.75. The molecule has 0 aliphatic carbocycles. The number of hydrogen-bond donors (Lipinski definition) is 0. The van der Waals surface area contributed by atoms with Gasteiger partial charge in [-0.15, -0.1) is 0 Å². The Labute approximate surface area is 144 Å². The van der Waals surface area contributed by atoms with E-state index in [9.17, 15) is 4.79 Å². The molecule has 0 radical (unpaired) electrons. The van der Waals surface area contributed by atoms with Gasteiger partial charge in [0.15, 0.2) is 0 Å². The largest absolute Gasteiger partial charge is 0.354 e. The molecule has 0 saturated carbocycles. The van der Waals surface area contributed by atoms with Crippen molar-refractivity contribution in [1.29, 1.82) is 0 Å². The van der Waals surface area contributed by atoms with Gasteiger partial charge in [-0.3, -0.25) is 4.79 Å². The van der Waals surface area contributed by atoms with Gasteiger partial charge in [0.05, 0.1) is 0 Å². The number of carbonyl (C=O) groups is 1. The first-order valence-electron chi connectivity index (χ1n) is 9.29. The monoisotopic (exact) mass is 331 g/mol. The van der Waals surface area contributed by atoms with Crippen molar-refractivity contribution in [3.8, 4) is 0 Å². The number of piperazine rings is 1. The summed E-state index contributed by atoms with van der Waals surface area (Å²) in [6.07, 6.45) is 4.64. The van der Waals surface area contributed by atoms with Crippen LogP contribution in [0.2, 0.25) is 0 Å². The number of aromatic nitrogens is 2. The average Bonchev–Trinajstić information content (AvgIpc) is 2.90. The Morgan fingerprint density at radius 3 is 2.29 bits per heavy atom. The van der Waals surface area contributed by atoms with E-state index in [1.165, 1.54) is 12.8 Å². The van der Waals surface area contributed by atoms with Gasteiger partial charge < -0.3 is 14.7 Å². The minimum atomic E-state index is 0.0656. The lowest BCUT2D eigenvalue weighted by molar-refractivity contribution is 0.0755. The number of amides is 1. The fourth-order valence-corrected chi connectivity index (χ4v) is 3.55. The molecule has 24 heavy (non-hydrogen) atoms. The maximum absolute atomic E-state index is 12.8. The average molecular weight is 331 g/mol. The Morgan fingerprint density at radius 1 is 1.00 bits per heavy atom. The zero-order valence-electron chi connectivity index (χ0n) is 15.0. The van der Waals surface area contributed by atoms with Crippen LogP contribution in [0.15, 0.2) is 6.07 Å². The zero-order chi connectivity index (χ0) is 16.9. The van der Waals surface area contributed by atoms with E-state index < -0.39 is 0 Å². The highest BCUT2D eigenvalue weighted by molar-refractivity contribution is 5.93. The summed E-state index contributed by atoms with van der Waals surface area (Å²) >= 11 is 0. The van der Waals surface area contributed by atoms with Gasteiger partial charge in [-0.25, -0.2) is 9.97 Å². The van der Waals surface area contributed by atoms with E-state index in [2.05, 4.69) is 26.7 Å². The second-order valence-corrected chi connectivity index (χ2v) is 6.79. The Hall–Kier alpha value is -1.69. The van der Waals surface area contributed by atoms with Crippen molar-refractivity contribution in [3.05, 3.63) is 17.6 Å². The van der Waals surface area contributed by atoms with Crippen LogP contribution in [0.25, 0.3) is 0 Å². The van der Waals surface area contributed by atoms with Crippen LogP contribution in [0.1, 0.15) is 48.9 Å². The number of likely N-dealkylation sites (tertiary alicyclic amines) is 1. The lowest BCUT2D eigenvalue weighted by Gasteiger charge is -2.35. The third kappa shape index (κ3) is 4.04. The summed E-state index contributed by atoms with van der Waals surface area (Å²) in [7, 11) is 0. The first-order valence-corrected chi connectivity index (χ1v) is 9.29. The van der Waals surface area contributed by atoms with Gasteiger partial charge in [-0.1, -0.05) is 19.8 Å². The summed E-state index contributed by atoms with van der Waals surface area (Å²) in [4.78, 5) is 28.5. The van der Waals surface area contributed by atoms with E-state index in [1.807, 2.05) is 17.9 Å². The minimum Gasteiger partial charge on any atom is -0.354 e. The van der Waals surface area contributed by atoms with Crippen LogP contribution >= 0.6 is 0 Å². The number of likely N-dealkylation sites (N-methyl/N-ethyl adjacent to an activating group) is 1. The summed E-state index contributed by atoms with van der Waals surface area (Å²) in [5.41, 5.74) is 0.553. The predicted octanol–water partition coefficient (Wildman–Crippen LogP) is 1.94. The third-order valence-corrected chi connectivity index (χ3v) is 5.08. The highest BCUT2D eigenvalue weighted by atomic mass is 16.2. The molecule has 132 valence electrons. The number of hydrogen-bond acceptors (Lipinski definition) is 5. The molecule has 2 fully saturated rings. The molecular formula is C18H29N5O. The van der Waals surface area contributed by atoms with Crippen LogP contribution in [0.3, 0.4) is 0 Å². The molecule has 3 heterocycles. The molecule has 2 aliphatic heterocycles. The molecule has 2 saturated heterocycles. The van der Waals surface area contributed by atoms with Crippen molar-refractivity contribution >= 4 is 11.7 Å². The van der Waals surface area contributed by atoms with Crippen LogP contribution in [-0.2, 0) is 0 Å². The van der Waals surface area contributed by atoms with Crippen LogP contribution < -0.4 is 4.90 Å². The van der Waals surface area contributed by atoms with E-state index in [-0.39, 0.29) is 5.91 Å². The fraction of sp³-hybridized carbons (Fsp3) is 0.722. The van der Waals surface area contributed by atoms with Crippen LogP contribution in [0.5, 0.6) is 0 Å². The van der Waals surface area contributed by atoms with Crippen molar-refractivity contribution in [2.45, 2.75) is 39.5 Å². The molecular weight excluding hydrogens is 302 g/mol. The van der Waals surface area contributed by atoms with Gasteiger partial charge in [0.25, 0.3) is 5.91 Å². The minimum absolute atomic E-state index is 0.0656. The second kappa shape index (κ2) is 7.92. The first kappa shape index (κ1) is 17.1. The molecule has 0 spiro atoms. The molecule has 0 bridgehead atoms. The van der Waals surface area contributed by atoms with Gasteiger partial charge in [0, 0.05) is 45.3 Å². The molecule has 1 aromatic heterocycles. The number of rotatable bonds is 3. The van der Waals surface area contributed by atoms with Crippen LogP contribution in [-0.4, -0.2) is 71.5 Å². The van der Waals surface area contributed by atoms with Gasteiger partial charge in [0.1, 0.15) is 17.3 Å². The summed E-state index contributed by atoms with van der Waals surface area (Å²) < 4.78 is 0. The number of carbonyl (C=O) groups excluding carboxylic acids is 1. The summed E-state index contributed by atoms with van der Waals surface area (Å²) in [5, 5.41) is 0. The van der Waals surface area contributed by atoms with Gasteiger partial charge >= 0.3 is 0 Å². The molecule has 1 aromatic rings. The molecule has 0 N–H and O–H groups in total. The van der Waals surface area contributed by atoms with Crippen molar-refractivity contribution in [1.82, 2.24) is 19.8 Å². The molecule has 2 aliphatic rings. The maximum atomic E-state index is 12.8. The van der Waals surface area contributed by atoms with Gasteiger partial charge in [0.2, 0.25) is 0 Å². The lowest BCUT2D eigenvalue weighted by Crippen LogP contribution is -2.46. The van der Waals surface area contributed by atoms with E-state index in [0.717, 1.165) is 64.5 Å². The molecule has 6 heteroatoms. The fourth-order valence-electron chi connectivity index (χ4n) is 3.55. The summed E-state index contributed by atoms with van der Waals surface area (Å²) in [5.74, 6) is 1.65. The van der Waals surface area contributed by atoms with E-state index in [0.29, 0.717) is 11.5 Å². The normalized spacial score (nSPS) is 20.1. The topological polar surface area (TPSA) is 52.6 Å². The van der Waals surface area contributed by atoms with E-state index in [4.69, 9.17) is 0 Å². The second-order valence-electron chi connectivity index (χ2n) is 6.79. The quantitative estimate of drug-likeness (QED) is 0.847. The van der Waals surface area contributed by atoms with Crippen molar-refractivity contribution in [2.75, 3.05) is 50.7 Å². The maximum Gasteiger partial charge on any atom is 0.272 e. The third-order valence-electron chi connectivity index (χ3n) is 5.08. The molecule has 0 atom stereocenters. The molecule has 0 unspecified atom stereocenters. The zero-order valence-corrected chi connectivity index (χ0v) is 15.0. The molecule has 0 aromatic carbocycles. The van der Waals surface area contributed by atoms with E-state index >= 15 is 0 Å². The number of anilines is 1. The molecule has 1 amide bonds. The number of aryl methyl sites for hydroxylation is 1. The standard InChI is InChI=1S/C18H29N5O/c1-3-21-10-12-22(13-11-21)17-14-16(19-15(2)20-17)18(24)23-8-6-4-5-7-9-23/h14H,3-13H2,1-2H3. The van der Waals surface area contributed by atoms with Gasteiger partial charge in [-0.2, -0.15) is 0 Å². The lowest BCUT2D eigenvalue weighted by atomic mass is 10.2. The highest BCUT2D eigenvalue weighted by Gasteiger charge is 2.22. The smallest absolute Gasteiger partial charge is 0.272 e. The van der Waals surface area contributed by atoms with Crippen molar-refractivity contribution < 1.29 is 4.79 Å². The summed E-state index contributed by atoms with van der Waals surface area (Å²) in [6.45, 7) is 10.9. The van der Waals surface area contributed by atoms with Crippen LogP contribution in [0.4, 0.5) is 5.82 Å². The predicted molar refractivity (Wildman–Crippen MR) is 95.5 cm³/mol. The van der Waals surface area contributed by atoms with Crippen LogP contribution in [0, 0.1) is 6.92 Å². The Kier molecular flexibility index (Phi) is 5.66. The Morgan fingerprint density at radius 2 is 1.67 bits per heavy atom. The Bertz CT molecular complexity index is 561. The first-order chi connectivity index (χ1) is 11.7. The van der Waals surface area contributed by atoms with E-state index in [1.54, 1.807) is 0 Å². The highest BCUT2D eigenvalue weighted by Crippen LogP contribution is 2.18. The summed E-state index contributed by atoms with van der Waals surface area (Å²) in [6, 6.07) is 1.89. The molecule has 3 rings (SSSR count). The van der Waals surface area contributed by atoms with Gasteiger partial charge in [-0.05, 0) is 26.3 Å². The number of nitrogens with zero attached hydrogens (tertiary/aromatic N) is 5. The molecule has 6 nitrogen and oxygen atoms in total.